The predicted molar refractivity (Wildman–Crippen MR) is 147 cm³/mol. The molecule has 2 heterocycles. The zero-order valence-corrected chi connectivity index (χ0v) is 21.2. The van der Waals surface area contributed by atoms with Crippen molar-refractivity contribution >= 4 is 23.1 Å². The molecule has 0 amide bonds. The number of hydrogen-bond donors (Lipinski definition) is 0. The van der Waals surface area contributed by atoms with Gasteiger partial charge in [0.2, 0.25) is 0 Å². The Hall–Kier alpha value is -4.07. The Morgan fingerprint density at radius 1 is 0.500 bits per heavy atom. The van der Waals surface area contributed by atoms with E-state index in [9.17, 15) is 0 Å². The molecule has 0 spiro atoms. The van der Waals surface area contributed by atoms with Crippen molar-refractivity contribution in [1.82, 2.24) is 4.98 Å². The van der Waals surface area contributed by atoms with Crippen molar-refractivity contribution in [3.8, 4) is 23.0 Å². The largest absolute Gasteiger partial charge is 0.487 e. The van der Waals surface area contributed by atoms with E-state index in [-0.39, 0.29) is 0 Å². The van der Waals surface area contributed by atoms with Crippen LogP contribution in [0.15, 0.2) is 78.9 Å². The average Bonchev–Trinajstić information content (AvgIpc) is 2.96. The van der Waals surface area contributed by atoms with Crippen molar-refractivity contribution < 1.29 is 28.4 Å². The Morgan fingerprint density at radius 3 is 1.76 bits per heavy atom. The molecule has 1 aliphatic heterocycles. The summed E-state index contributed by atoms with van der Waals surface area (Å²) in [7, 11) is 0. The van der Waals surface area contributed by atoms with E-state index in [1.54, 1.807) is 0 Å². The van der Waals surface area contributed by atoms with E-state index in [0.717, 1.165) is 22.2 Å². The Labute approximate surface area is 222 Å². The van der Waals surface area contributed by atoms with Crippen LogP contribution in [0.1, 0.15) is 11.3 Å². The van der Waals surface area contributed by atoms with Crippen LogP contribution in [0.2, 0.25) is 0 Å². The fourth-order valence-electron chi connectivity index (χ4n) is 3.95. The zero-order chi connectivity index (χ0) is 25.8. The second-order valence-electron chi connectivity index (χ2n) is 8.53. The van der Waals surface area contributed by atoms with Gasteiger partial charge in [-0.05, 0) is 48.0 Å². The molecule has 196 valence electrons. The van der Waals surface area contributed by atoms with Crippen LogP contribution in [0.5, 0.6) is 23.0 Å². The first kappa shape index (κ1) is 25.6. The summed E-state index contributed by atoms with van der Waals surface area (Å²) in [6, 6.07) is 25.6. The van der Waals surface area contributed by atoms with E-state index < -0.39 is 0 Å². The molecule has 0 saturated carbocycles. The maximum atomic E-state index is 6.04. The molecule has 0 radical (unpaired) electrons. The number of rotatable bonds is 2. The standard InChI is InChI=1S/C31H31NO6/c1-2-6-27-25(5-1)11-13-26(32-27)12-9-24-10-14-30-31(23-24)38-22-18-34-16-20-36-29-8-4-3-7-28(29)35-19-15-33-17-21-37-30/h1-14,23H,15-22H2/b12-9+. The van der Waals surface area contributed by atoms with Crippen LogP contribution in [0.3, 0.4) is 0 Å². The average molecular weight is 514 g/mol. The first-order valence-electron chi connectivity index (χ1n) is 12.8. The van der Waals surface area contributed by atoms with Crippen LogP contribution in [0.4, 0.5) is 0 Å². The van der Waals surface area contributed by atoms with Crippen molar-refractivity contribution in [1.29, 1.82) is 0 Å². The van der Waals surface area contributed by atoms with Crippen LogP contribution < -0.4 is 18.9 Å². The maximum Gasteiger partial charge on any atom is 0.161 e. The lowest BCUT2D eigenvalue weighted by atomic mass is 10.1. The lowest BCUT2D eigenvalue weighted by Crippen LogP contribution is -2.15. The summed E-state index contributed by atoms with van der Waals surface area (Å²) in [6.07, 6.45) is 4.01. The van der Waals surface area contributed by atoms with Gasteiger partial charge in [-0.3, -0.25) is 0 Å². The third kappa shape index (κ3) is 7.25. The lowest BCUT2D eigenvalue weighted by molar-refractivity contribution is 0.0640. The molecular weight excluding hydrogens is 482 g/mol. The monoisotopic (exact) mass is 513 g/mol. The summed E-state index contributed by atoms with van der Waals surface area (Å²) in [5.74, 6) is 2.68. The van der Waals surface area contributed by atoms with Crippen LogP contribution in [0, 0.1) is 0 Å². The number of nitrogens with zero attached hydrogens (tertiary/aromatic N) is 1. The highest BCUT2D eigenvalue weighted by Gasteiger charge is 2.08. The second-order valence-corrected chi connectivity index (χ2v) is 8.53. The summed E-state index contributed by atoms with van der Waals surface area (Å²) < 4.78 is 35.0. The van der Waals surface area contributed by atoms with Crippen LogP contribution in [-0.4, -0.2) is 57.8 Å². The molecule has 5 rings (SSSR count). The summed E-state index contributed by atoms with van der Waals surface area (Å²) in [5, 5.41) is 1.12. The predicted octanol–water partition coefficient (Wildman–Crippen LogP) is 5.67. The van der Waals surface area contributed by atoms with Crippen molar-refractivity contribution in [2.24, 2.45) is 0 Å². The minimum Gasteiger partial charge on any atom is -0.487 e. The number of aromatic nitrogens is 1. The molecule has 1 aliphatic rings. The Bertz CT molecular complexity index is 1360. The summed E-state index contributed by atoms with van der Waals surface area (Å²) in [6.45, 7) is 3.33. The zero-order valence-electron chi connectivity index (χ0n) is 21.2. The van der Waals surface area contributed by atoms with Crippen molar-refractivity contribution in [3.05, 3.63) is 90.1 Å². The van der Waals surface area contributed by atoms with Crippen LogP contribution >= 0.6 is 0 Å². The molecule has 0 N–H and O–H groups in total. The highest BCUT2D eigenvalue weighted by atomic mass is 16.6. The van der Waals surface area contributed by atoms with Gasteiger partial charge < -0.3 is 28.4 Å². The SMILES string of the molecule is C(=C\c1ccc2ccccc2n1)/c1ccc2c(c1)OCCOCCOc1ccccc1OCCOCCO2. The molecule has 0 saturated heterocycles. The molecule has 0 atom stereocenters. The van der Waals surface area contributed by atoms with E-state index in [1.807, 2.05) is 78.9 Å². The number of benzene rings is 3. The van der Waals surface area contributed by atoms with Gasteiger partial charge in [-0.2, -0.15) is 0 Å². The number of ether oxygens (including phenoxy) is 6. The molecule has 1 aromatic heterocycles. The lowest BCUT2D eigenvalue weighted by Gasteiger charge is -2.15. The fourth-order valence-corrected chi connectivity index (χ4v) is 3.95. The topological polar surface area (TPSA) is 68.3 Å². The Balaban J connectivity index is 1.23. The second kappa shape index (κ2) is 13.5. The number of pyridine rings is 1. The Kier molecular flexibility index (Phi) is 9.06. The van der Waals surface area contributed by atoms with E-state index in [0.29, 0.717) is 75.9 Å². The van der Waals surface area contributed by atoms with E-state index in [1.165, 1.54) is 0 Å². The number of fused-ring (bicyclic) bond motifs is 3. The highest BCUT2D eigenvalue weighted by molar-refractivity contribution is 5.81. The third-order valence-corrected chi connectivity index (χ3v) is 5.82. The van der Waals surface area contributed by atoms with E-state index in [4.69, 9.17) is 33.4 Å². The van der Waals surface area contributed by atoms with Gasteiger partial charge >= 0.3 is 0 Å². The Morgan fingerprint density at radius 2 is 1.08 bits per heavy atom. The minimum absolute atomic E-state index is 0.381. The van der Waals surface area contributed by atoms with E-state index >= 15 is 0 Å². The number of para-hydroxylation sites is 3. The molecule has 0 unspecified atom stereocenters. The smallest absolute Gasteiger partial charge is 0.161 e. The van der Waals surface area contributed by atoms with Crippen LogP contribution in [0.25, 0.3) is 23.1 Å². The first-order chi connectivity index (χ1) is 18.8. The molecule has 0 aliphatic carbocycles. The molecular formula is C31H31NO6. The summed E-state index contributed by atoms with van der Waals surface area (Å²) in [5.41, 5.74) is 2.83. The van der Waals surface area contributed by atoms with Gasteiger partial charge in [0.15, 0.2) is 23.0 Å². The van der Waals surface area contributed by atoms with Gasteiger partial charge in [0.05, 0.1) is 37.6 Å². The van der Waals surface area contributed by atoms with Crippen molar-refractivity contribution in [2.75, 3.05) is 52.9 Å². The van der Waals surface area contributed by atoms with Gasteiger partial charge in [-0.1, -0.05) is 48.5 Å². The molecule has 4 aromatic rings. The van der Waals surface area contributed by atoms with Gasteiger partial charge in [-0.25, -0.2) is 4.98 Å². The first-order valence-corrected chi connectivity index (χ1v) is 12.8. The third-order valence-electron chi connectivity index (χ3n) is 5.82. The maximum absolute atomic E-state index is 6.04. The van der Waals surface area contributed by atoms with Gasteiger partial charge in [0, 0.05) is 5.39 Å². The quantitative estimate of drug-likeness (QED) is 0.342. The fraction of sp³-hybridized carbons (Fsp3) is 0.258. The molecule has 7 nitrogen and oxygen atoms in total. The van der Waals surface area contributed by atoms with Gasteiger partial charge in [0.1, 0.15) is 26.4 Å². The normalized spacial score (nSPS) is 15.6. The molecule has 38 heavy (non-hydrogen) atoms. The molecule has 0 fully saturated rings. The molecule has 7 heteroatoms. The van der Waals surface area contributed by atoms with Gasteiger partial charge in [-0.15, -0.1) is 0 Å². The molecule has 0 bridgehead atoms. The van der Waals surface area contributed by atoms with Gasteiger partial charge in [0.25, 0.3) is 0 Å². The number of hydrogen-bond acceptors (Lipinski definition) is 7. The summed E-state index contributed by atoms with van der Waals surface area (Å²) in [4.78, 5) is 4.71. The van der Waals surface area contributed by atoms with Crippen LogP contribution in [-0.2, 0) is 9.47 Å². The minimum atomic E-state index is 0.381. The van der Waals surface area contributed by atoms with Crippen molar-refractivity contribution in [2.45, 2.75) is 0 Å². The van der Waals surface area contributed by atoms with Crippen molar-refractivity contribution in [3.63, 3.8) is 0 Å². The molecule has 3 aromatic carbocycles. The summed E-state index contributed by atoms with van der Waals surface area (Å²) >= 11 is 0. The van der Waals surface area contributed by atoms with E-state index in [2.05, 4.69) is 12.1 Å². The highest BCUT2D eigenvalue weighted by Crippen LogP contribution is 2.30.